The van der Waals surface area contributed by atoms with Crippen molar-refractivity contribution >= 4 is 5.91 Å². The van der Waals surface area contributed by atoms with Crippen LogP contribution in [-0.2, 0) is 11.0 Å². The molecule has 0 N–H and O–H groups in total. The van der Waals surface area contributed by atoms with Crippen LogP contribution in [0.3, 0.4) is 0 Å². The number of alkyl halides is 3. The fourth-order valence-electron chi connectivity index (χ4n) is 2.40. The van der Waals surface area contributed by atoms with Crippen LogP contribution in [0.5, 0.6) is 0 Å². The molecular formula is C16H13F3N4O2. The van der Waals surface area contributed by atoms with E-state index in [1.807, 2.05) is 0 Å². The van der Waals surface area contributed by atoms with E-state index in [1.165, 1.54) is 17.0 Å². The molecule has 1 amide bonds. The predicted molar refractivity (Wildman–Crippen MR) is 78.6 cm³/mol. The second-order valence-corrected chi connectivity index (χ2v) is 5.80. The van der Waals surface area contributed by atoms with E-state index >= 15 is 0 Å². The van der Waals surface area contributed by atoms with Gasteiger partial charge in [-0.25, -0.2) is 0 Å². The Morgan fingerprint density at radius 3 is 2.48 bits per heavy atom. The molecule has 1 saturated carbocycles. The zero-order chi connectivity index (χ0) is 18.2. The lowest BCUT2D eigenvalue weighted by molar-refractivity contribution is -0.159. The lowest BCUT2D eigenvalue weighted by Crippen LogP contribution is -2.31. The van der Waals surface area contributed by atoms with Crippen molar-refractivity contribution in [3.05, 3.63) is 35.7 Å². The molecule has 1 unspecified atom stereocenters. The number of halogens is 3. The van der Waals surface area contributed by atoms with Gasteiger partial charge in [0, 0.05) is 18.5 Å². The second-order valence-electron chi connectivity index (χ2n) is 5.80. The molecule has 130 valence electrons. The van der Waals surface area contributed by atoms with Crippen molar-refractivity contribution in [2.24, 2.45) is 5.92 Å². The van der Waals surface area contributed by atoms with Gasteiger partial charge in [0.05, 0.1) is 6.07 Å². The van der Waals surface area contributed by atoms with Crippen molar-refractivity contribution in [2.45, 2.75) is 25.1 Å². The highest BCUT2D eigenvalue weighted by Crippen LogP contribution is 2.34. The van der Waals surface area contributed by atoms with Crippen molar-refractivity contribution in [1.29, 1.82) is 5.26 Å². The molecule has 0 bridgehead atoms. The summed E-state index contributed by atoms with van der Waals surface area (Å²) < 4.78 is 41.7. The number of amides is 1. The van der Waals surface area contributed by atoms with Crippen LogP contribution < -0.4 is 0 Å². The highest BCUT2D eigenvalue weighted by molar-refractivity contribution is 5.81. The van der Waals surface area contributed by atoms with Gasteiger partial charge in [0.1, 0.15) is 6.04 Å². The normalized spacial score (nSPS) is 15.5. The third-order valence-electron chi connectivity index (χ3n) is 3.94. The minimum atomic E-state index is -4.71. The smallest absolute Gasteiger partial charge is 0.329 e. The Bertz CT molecular complexity index is 819. The molecule has 1 atom stereocenters. The maximum atomic E-state index is 12.5. The Balaban J connectivity index is 1.80. The standard InChI is InChI=1S/C16H13F3N4O2/c1-23(14(24)11-6-7-11)12(8-20)9-2-4-10(5-3-9)13-21-15(25-22-13)16(17,18)19/h2-5,11-12H,6-7H2,1H3. The first-order valence-corrected chi connectivity index (χ1v) is 7.49. The molecule has 1 fully saturated rings. The van der Waals surface area contributed by atoms with Crippen molar-refractivity contribution < 1.29 is 22.5 Å². The van der Waals surface area contributed by atoms with E-state index in [1.54, 1.807) is 19.2 Å². The van der Waals surface area contributed by atoms with Crippen LogP contribution in [0.15, 0.2) is 28.8 Å². The van der Waals surface area contributed by atoms with Crippen LogP contribution in [0.4, 0.5) is 13.2 Å². The fourth-order valence-corrected chi connectivity index (χ4v) is 2.40. The molecular weight excluding hydrogens is 337 g/mol. The summed E-state index contributed by atoms with van der Waals surface area (Å²) in [6.45, 7) is 0. The Morgan fingerprint density at radius 1 is 1.36 bits per heavy atom. The first kappa shape index (κ1) is 17.0. The Morgan fingerprint density at radius 2 is 2.00 bits per heavy atom. The number of rotatable bonds is 4. The lowest BCUT2D eigenvalue weighted by atomic mass is 10.0. The molecule has 0 radical (unpaired) electrons. The van der Waals surface area contributed by atoms with Gasteiger partial charge in [0.15, 0.2) is 0 Å². The summed E-state index contributed by atoms with van der Waals surface area (Å²) in [5.74, 6) is -1.71. The van der Waals surface area contributed by atoms with Crippen molar-refractivity contribution in [1.82, 2.24) is 15.0 Å². The Kier molecular flexibility index (Phi) is 4.20. The predicted octanol–water partition coefficient (Wildman–Crippen LogP) is 3.19. The number of hydrogen-bond acceptors (Lipinski definition) is 5. The minimum Gasteiger partial charge on any atom is -0.329 e. The van der Waals surface area contributed by atoms with Crippen molar-refractivity contribution in [2.75, 3.05) is 7.05 Å². The molecule has 6 nitrogen and oxygen atoms in total. The van der Waals surface area contributed by atoms with E-state index in [-0.39, 0.29) is 17.6 Å². The van der Waals surface area contributed by atoms with E-state index in [0.29, 0.717) is 11.1 Å². The molecule has 3 rings (SSSR count). The molecule has 1 aromatic carbocycles. The van der Waals surface area contributed by atoms with Gasteiger partial charge < -0.3 is 9.42 Å². The average Bonchev–Trinajstić information content (AvgIpc) is 3.30. The number of nitriles is 1. The number of benzene rings is 1. The molecule has 1 aliphatic carbocycles. The summed E-state index contributed by atoms with van der Waals surface area (Å²) in [6, 6.07) is 7.40. The van der Waals surface area contributed by atoms with Gasteiger partial charge in [-0.15, -0.1) is 0 Å². The molecule has 9 heteroatoms. The minimum absolute atomic E-state index is 0.0137. The molecule has 0 spiro atoms. The van der Waals surface area contributed by atoms with Gasteiger partial charge in [-0.2, -0.15) is 23.4 Å². The van der Waals surface area contributed by atoms with Crippen molar-refractivity contribution in [3.63, 3.8) is 0 Å². The van der Waals surface area contributed by atoms with Gasteiger partial charge >= 0.3 is 12.1 Å². The first-order valence-electron chi connectivity index (χ1n) is 7.49. The quantitative estimate of drug-likeness (QED) is 0.846. The zero-order valence-electron chi connectivity index (χ0n) is 13.1. The van der Waals surface area contributed by atoms with Crippen LogP contribution in [-0.4, -0.2) is 28.0 Å². The summed E-state index contributed by atoms with van der Waals surface area (Å²) >= 11 is 0. The van der Waals surface area contributed by atoms with Gasteiger partial charge in [0.2, 0.25) is 11.7 Å². The van der Waals surface area contributed by atoms with Crippen LogP contribution in [0.25, 0.3) is 11.4 Å². The Hall–Kier alpha value is -2.89. The second kappa shape index (κ2) is 6.20. The molecule has 0 saturated heterocycles. The maximum Gasteiger partial charge on any atom is 0.471 e. The van der Waals surface area contributed by atoms with E-state index in [0.717, 1.165) is 12.8 Å². The lowest BCUT2D eigenvalue weighted by Gasteiger charge is -2.23. The third-order valence-corrected chi connectivity index (χ3v) is 3.94. The highest BCUT2D eigenvalue weighted by atomic mass is 19.4. The molecule has 25 heavy (non-hydrogen) atoms. The summed E-state index contributed by atoms with van der Waals surface area (Å²) in [7, 11) is 1.57. The Labute approximate surface area is 140 Å². The zero-order valence-corrected chi connectivity index (χ0v) is 13.1. The van der Waals surface area contributed by atoms with E-state index < -0.39 is 18.1 Å². The molecule has 1 heterocycles. The van der Waals surface area contributed by atoms with Crippen LogP contribution in [0.2, 0.25) is 0 Å². The maximum absolute atomic E-state index is 12.5. The van der Waals surface area contributed by atoms with Gasteiger partial charge in [-0.1, -0.05) is 29.4 Å². The van der Waals surface area contributed by atoms with Crippen LogP contribution >= 0.6 is 0 Å². The van der Waals surface area contributed by atoms with Crippen LogP contribution in [0, 0.1) is 17.2 Å². The van der Waals surface area contributed by atoms with Gasteiger partial charge in [0.25, 0.3) is 0 Å². The van der Waals surface area contributed by atoms with Gasteiger partial charge in [-0.05, 0) is 18.4 Å². The number of hydrogen-bond donors (Lipinski definition) is 0. The molecule has 1 aromatic heterocycles. The highest BCUT2D eigenvalue weighted by Gasteiger charge is 2.38. The number of carbonyl (C=O) groups excluding carboxylic acids is 1. The average molecular weight is 350 g/mol. The summed E-state index contributed by atoms with van der Waals surface area (Å²) in [5, 5.41) is 12.7. The molecule has 0 aliphatic heterocycles. The summed E-state index contributed by atoms with van der Waals surface area (Å²) in [5.41, 5.74) is 0.873. The number of nitrogens with zero attached hydrogens (tertiary/aromatic N) is 4. The SMILES string of the molecule is CN(C(=O)C1CC1)C(C#N)c1ccc(-c2noc(C(F)(F)F)n2)cc1. The number of aromatic nitrogens is 2. The summed E-state index contributed by atoms with van der Waals surface area (Å²) in [6.07, 6.45) is -3.04. The number of carbonyl (C=O) groups is 1. The van der Waals surface area contributed by atoms with Gasteiger partial charge in [-0.3, -0.25) is 4.79 Å². The van der Waals surface area contributed by atoms with Crippen LogP contribution in [0.1, 0.15) is 30.3 Å². The topological polar surface area (TPSA) is 83.0 Å². The van der Waals surface area contributed by atoms with E-state index in [9.17, 15) is 23.2 Å². The van der Waals surface area contributed by atoms with E-state index in [4.69, 9.17) is 0 Å². The van der Waals surface area contributed by atoms with E-state index in [2.05, 4.69) is 20.7 Å². The first-order chi connectivity index (χ1) is 11.8. The third kappa shape index (κ3) is 3.47. The fraction of sp³-hybridized carbons (Fsp3) is 0.375. The largest absolute Gasteiger partial charge is 0.471 e. The molecule has 1 aliphatic rings. The summed E-state index contributed by atoms with van der Waals surface area (Å²) in [4.78, 5) is 16.8. The van der Waals surface area contributed by atoms with Crippen molar-refractivity contribution in [3.8, 4) is 17.5 Å². The monoisotopic (exact) mass is 350 g/mol. The molecule has 2 aromatic rings.